The third kappa shape index (κ3) is 7.44. The summed E-state index contributed by atoms with van der Waals surface area (Å²) in [6.45, 7) is 3.87. The molecule has 8 heteroatoms. The Balaban J connectivity index is 1.69. The fourth-order valence-electron chi connectivity index (χ4n) is 3.03. The van der Waals surface area contributed by atoms with E-state index in [0.29, 0.717) is 35.0 Å². The molecule has 0 radical (unpaired) electrons. The van der Waals surface area contributed by atoms with Crippen LogP contribution in [0.15, 0.2) is 72.3 Å². The van der Waals surface area contributed by atoms with E-state index in [-0.39, 0.29) is 18.1 Å². The average molecular weight is 474 g/mol. The minimum Gasteiger partial charge on any atom is -0.490 e. The second-order valence-corrected chi connectivity index (χ2v) is 7.47. The van der Waals surface area contributed by atoms with E-state index in [0.717, 1.165) is 5.56 Å². The van der Waals surface area contributed by atoms with Crippen LogP contribution in [0.25, 0.3) is 6.08 Å². The Kier molecular flexibility index (Phi) is 8.57. The molecule has 2 amide bonds. The smallest absolute Gasteiger partial charge is 0.266 e. The summed E-state index contributed by atoms with van der Waals surface area (Å²) in [6.07, 6.45) is 1.40. The third-order valence-electron chi connectivity index (χ3n) is 4.74. The second-order valence-electron chi connectivity index (χ2n) is 7.47. The lowest BCUT2D eigenvalue weighted by molar-refractivity contribution is -0.118. The summed E-state index contributed by atoms with van der Waals surface area (Å²) in [5.41, 5.74) is 2.48. The number of rotatable bonds is 9. The molecule has 3 aromatic carbocycles. The molecule has 3 aromatic rings. The minimum atomic E-state index is -0.634. The molecule has 0 heterocycles. The van der Waals surface area contributed by atoms with E-state index in [2.05, 4.69) is 10.6 Å². The molecule has 178 valence electrons. The number of hydrogen-bond donors (Lipinski definition) is 2. The summed E-state index contributed by atoms with van der Waals surface area (Å²) in [7, 11) is 0. The molecule has 3 rings (SSSR count). The number of ether oxygens (including phenoxy) is 2. The minimum absolute atomic E-state index is 0.150. The lowest BCUT2D eigenvalue weighted by Crippen LogP contribution is -2.20. The van der Waals surface area contributed by atoms with Crippen LogP contribution in [0.2, 0.25) is 0 Å². The Hall–Kier alpha value is -4.64. The van der Waals surface area contributed by atoms with Crippen LogP contribution in [0.4, 0.5) is 15.8 Å². The van der Waals surface area contributed by atoms with E-state index in [1.165, 1.54) is 30.3 Å². The molecule has 0 unspecified atom stereocenters. The largest absolute Gasteiger partial charge is 0.490 e. The van der Waals surface area contributed by atoms with Crippen molar-refractivity contribution < 1.29 is 23.5 Å². The lowest BCUT2D eigenvalue weighted by atomic mass is 10.1. The van der Waals surface area contributed by atoms with Gasteiger partial charge in [-0.3, -0.25) is 9.59 Å². The summed E-state index contributed by atoms with van der Waals surface area (Å²) in [5.74, 6) is -0.690. The molecule has 0 aliphatic carbocycles. The van der Waals surface area contributed by atoms with Crippen molar-refractivity contribution in [2.75, 3.05) is 23.8 Å². The van der Waals surface area contributed by atoms with Gasteiger partial charge in [-0.05, 0) is 74.0 Å². The molecule has 0 saturated heterocycles. The molecule has 0 bridgehead atoms. The van der Waals surface area contributed by atoms with Gasteiger partial charge in [0.1, 0.15) is 17.5 Å². The van der Waals surface area contributed by atoms with Crippen molar-refractivity contribution in [1.82, 2.24) is 0 Å². The van der Waals surface area contributed by atoms with E-state index in [1.807, 2.05) is 25.1 Å². The summed E-state index contributed by atoms with van der Waals surface area (Å²) in [6, 6.07) is 19.3. The summed E-state index contributed by atoms with van der Waals surface area (Å²) >= 11 is 0. The average Bonchev–Trinajstić information content (AvgIpc) is 2.85. The number of aryl methyl sites for hydroxylation is 1. The maximum atomic E-state index is 13.1. The summed E-state index contributed by atoms with van der Waals surface area (Å²) in [5, 5.41) is 14.8. The number of amides is 2. The van der Waals surface area contributed by atoms with Crippen molar-refractivity contribution in [2.45, 2.75) is 13.8 Å². The van der Waals surface area contributed by atoms with Gasteiger partial charge in [0.15, 0.2) is 18.1 Å². The normalized spacial score (nSPS) is 10.7. The molecule has 0 fully saturated rings. The monoisotopic (exact) mass is 473 g/mol. The van der Waals surface area contributed by atoms with Crippen molar-refractivity contribution in [1.29, 1.82) is 5.26 Å². The maximum Gasteiger partial charge on any atom is 0.266 e. The van der Waals surface area contributed by atoms with Crippen LogP contribution in [0.3, 0.4) is 0 Å². The van der Waals surface area contributed by atoms with Gasteiger partial charge in [-0.15, -0.1) is 0 Å². The molecule has 0 aliphatic rings. The molecule has 0 saturated carbocycles. The van der Waals surface area contributed by atoms with Crippen LogP contribution in [0.1, 0.15) is 18.1 Å². The molecule has 0 spiro atoms. The van der Waals surface area contributed by atoms with Crippen LogP contribution in [-0.2, 0) is 9.59 Å². The number of halogens is 1. The van der Waals surface area contributed by atoms with Gasteiger partial charge in [0.25, 0.3) is 11.8 Å². The van der Waals surface area contributed by atoms with E-state index in [1.54, 1.807) is 37.3 Å². The number of nitrogens with zero attached hydrogens (tertiary/aromatic N) is 1. The Morgan fingerprint density at radius 2 is 1.60 bits per heavy atom. The van der Waals surface area contributed by atoms with E-state index < -0.39 is 11.7 Å². The van der Waals surface area contributed by atoms with Gasteiger partial charge in [-0.2, -0.15) is 5.26 Å². The zero-order valence-electron chi connectivity index (χ0n) is 19.3. The van der Waals surface area contributed by atoms with Crippen LogP contribution in [-0.4, -0.2) is 25.0 Å². The Morgan fingerprint density at radius 1 is 0.943 bits per heavy atom. The number of carbonyl (C=O) groups excluding carboxylic acids is 2. The first-order chi connectivity index (χ1) is 16.9. The number of hydrogen-bond acceptors (Lipinski definition) is 5. The molecule has 0 aliphatic heterocycles. The molecular formula is C27H24FN3O4. The second kappa shape index (κ2) is 12.0. The van der Waals surface area contributed by atoms with Gasteiger partial charge in [-0.25, -0.2) is 4.39 Å². The number of benzene rings is 3. The maximum absolute atomic E-state index is 13.1. The van der Waals surface area contributed by atoms with Crippen LogP contribution < -0.4 is 20.1 Å². The van der Waals surface area contributed by atoms with Crippen LogP contribution in [0.5, 0.6) is 11.5 Å². The molecule has 35 heavy (non-hydrogen) atoms. The van der Waals surface area contributed by atoms with Gasteiger partial charge in [-0.1, -0.05) is 23.8 Å². The first kappa shape index (κ1) is 25.0. The van der Waals surface area contributed by atoms with Crippen molar-refractivity contribution in [3.05, 3.63) is 89.2 Å². The van der Waals surface area contributed by atoms with Gasteiger partial charge in [0.05, 0.1) is 6.61 Å². The predicted octanol–water partition coefficient (Wildman–Crippen LogP) is 5.10. The topological polar surface area (TPSA) is 100 Å². The Bertz CT molecular complexity index is 1260. The molecule has 0 aromatic heterocycles. The third-order valence-corrected chi connectivity index (χ3v) is 4.74. The van der Waals surface area contributed by atoms with Crippen molar-refractivity contribution >= 4 is 29.3 Å². The quantitative estimate of drug-likeness (QED) is 0.333. The highest BCUT2D eigenvalue weighted by atomic mass is 19.1. The zero-order chi connectivity index (χ0) is 25.2. The van der Waals surface area contributed by atoms with Gasteiger partial charge in [0.2, 0.25) is 0 Å². The van der Waals surface area contributed by atoms with E-state index >= 15 is 0 Å². The van der Waals surface area contributed by atoms with Gasteiger partial charge in [0, 0.05) is 11.4 Å². The lowest BCUT2D eigenvalue weighted by Gasteiger charge is -2.13. The first-order valence-corrected chi connectivity index (χ1v) is 10.8. The zero-order valence-corrected chi connectivity index (χ0v) is 19.3. The molecular weight excluding hydrogens is 449 g/mol. The Labute approximate surface area is 202 Å². The highest BCUT2D eigenvalue weighted by molar-refractivity contribution is 6.09. The van der Waals surface area contributed by atoms with E-state index in [4.69, 9.17) is 9.47 Å². The predicted molar refractivity (Wildman–Crippen MR) is 132 cm³/mol. The molecule has 7 nitrogen and oxygen atoms in total. The highest BCUT2D eigenvalue weighted by Gasteiger charge is 2.13. The SMILES string of the molecule is CCOc1cc(/C=C(\C#N)C(=O)Nc2ccc(F)cc2)ccc1OCC(=O)Nc1ccc(C)cc1. The first-order valence-electron chi connectivity index (χ1n) is 10.8. The fourth-order valence-corrected chi connectivity index (χ4v) is 3.03. The van der Waals surface area contributed by atoms with Gasteiger partial charge < -0.3 is 20.1 Å². The molecule has 0 atom stereocenters. The summed E-state index contributed by atoms with van der Waals surface area (Å²) in [4.78, 5) is 24.7. The van der Waals surface area contributed by atoms with Gasteiger partial charge >= 0.3 is 0 Å². The number of anilines is 2. The number of nitrogens with one attached hydrogen (secondary N) is 2. The highest BCUT2D eigenvalue weighted by Crippen LogP contribution is 2.29. The molecule has 2 N–H and O–H groups in total. The fraction of sp³-hybridized carbons (Fsp3) is 0.148. The summed E-state index contributed by atoms with van der Waals surface area (Å²) < 4.78 is 24.3. The van der Waals surface area contributed by atoms with Crippen LogP contribution >= 0.6 is 0 Å². The van der Waals surface area contributed by atoms with Crippen LogP contribution in [0, 0.1) is 24.1 Å². The Morgan fingerprint density at radius 3 is 2.26 bits per heavy atom. The van der Waals surface area contributed by atoms with Crippen molar-refractivity contribution in [3.8, 4) is 17.6 Å². The number of carbonyl (C=O) groups is 2. The number of nitriles is 1. The van der Waals surface area contributed by atoms with E-state index in [9.17, 15) is 19.2 Å². The van der Waals surface area contributed by atoms with Crippen molar-refractivity contribution in [2.24, 2.45) is 0 Å². The standard InChI is InChI=1S/C27H24FN3O4/c1-3-34-25-15-19(14-20(16-29)27(33)31-23-11-7-21(28)8-12-23)6-13-24(25)35-17-26(32)30-22-9-4-18(2)5-10-22/h4-15H,3,17H2,1-2H3,(H,30,32)(H,31,33)/b20-14+. The van der Waals surface area contributed by atoms with Crippen molar-refractivity contribution in [3.63, 3.8) is 0 Å².